The molecule has 0 aliphatic heterocycles. The predicted molar refractivity (Wildman–Crippen MR) is 242 cm³/mol. The fourth-order valence-electron chi connectivity index (χ4n) is 8.24. The van der Waals surface area contributed by atoms with Gasteiger partial charge in [-0.1, -0.05) is 180 Å². The molecule has 0 atom stereocenters. The summed E-state index contributed by atoms with van der Waals surface area (Å²) in [4.78, 5) is 0. The lowest BCUT2D eigenvalue weighted by molar-refractivity contribution is 0.590. The van der Waals surface area contributed by atoms with Crippen molar-refractivity contribution in [1.82, 2.24) is 4.57 Å². The van der Waals surface area contributed by atoms with Gasteiger partial charge in [-0.2, -0.15) is 0 Å². The van der Waals surface area contributed by atoms with E-state index in [0.717, 1.165) is 11.1 Å². The average molecular weight is 710 g/mol. The van der Waals surface area contributed by atoms with E-state index in [1.807, 2.05) is 13.8 Å². The standard InChI is InChI=1S/C44H33N.C10H14/c1-44(2,3)32-12-8-10-30(26-32)34-22-18-28-21-25-39-35(23-19-29-20-24-38(34)42(28)43(29)39)31-11-9-13-33(27-31)45-40-16-6-4-14-36(40)37-15-5-7-17-41(37)45;1-6-9(5)10(7-2)8(3)4/h4-27H,1-3H3;6-7H,1-2,5H2,3-4H3. The van der Waals surface area contributed by atoms with Crippen molar-refractivity contribution in [1.29, 1.82) is 0 Å². The molecule has 0 saturated heterocycles. The van der Waals surface area contributed by atoms with Crippen LogP contribution < -0.4 is 0 Å². The van der Waals surface area contributed by atoms with Crippen LogP contribution in [0.4, 0.5) is 0 Å². The molecular formula is C54H47N. The summed E-state index contributed by atoms with van der Waals surface area (Å²) in [5.41, 5.74) is 13.4. The van der Waals surface area contributed by atoms with E-state index < -0.39 is 0 Å². The summed E-state index contributed by atoms with van der Waals surface area (Å²) in [5.74, 6) is 0. The van der Waals surface area contributed by atoms with Crippen LogP contribution in [0.1, 0.15) is 40.2 Å². The summed E-state index contributed by atoms with van der Waals surface area (Å²) >= 11 is 0. The Morgan fingerprint density at radius 1 is 0.527 bits per heavy atom. The highest BCUT2D eigenvalue weighted by Gasteiger charge is 2.18. The molecule has 9 aromatic rings. The van der Waals surface area contributed by atoms with Crippen LogP contribution in [-0.4, -0.2) is 4.57 Å². The maximum atomic E-state index is 3.82. The number of rotatable bonds is 6. The van der Waals surface area contributed by atoms with Gasteiger partial charge in [0, 0.05) is 16.5 Å². The zero-order valence-corrected chi connectivity index (χ0v) is 32.6. The number of benzene rings is 8. The molecule has 0 amide bonds. The number of hydrogen-bond donors (Lipinski definition) is 0. The van der Waals surface area contributed by atoms with Crippen LogP contribution in [0.25, 0.3) is 82.1 Å². The van der Waals surface area contributed by atoms with Crippen LogP contribution >= 0.6 is 0 Å². The van der Waals surface area contributed by atoms with Crippen LogP contribution in [0.15, 0.2) is 194 Å². The van der Waals surface area contributed by atoms with Crippen molar-refractivity contribution in [2.24, 2.45) is 0 Å². The second-order valence-corrected chi connectivity index (χ2v) is 15.7. The van der Waals surface area contributed by atoms with Gasteiger partial charge in [0.25, 0.3) is 0 Å². The number of aromatic nitrogens is 1. The molecule has 268 valence electrons. The Bertz CT molecular complexity index is 2920. The normalized spacial score (nSPS) is 11.6. The zero-order chi connectivity index (χ0) is 38.4. The summed E-state index contributed by atoms with van der Waals surface area (Å²) in [6.45, 7) is 22.1. The van der Waals surface area contributed by atoms with Gasteiger partial charge in [-0.15, -0.1) is 0 Å². The molecule has 1 aromatic heterocycles. The van der Waals surface area contributed by atoms with Crippen LogP contribution in [0.5, 0.6) is 0 Å². The maximum absolute atomic E-state index is 3.82. The van der Waals surface area contributed by atoms with Crippen molar-refractivity contribution >= 4 is 54.1 Å². The third kappa shape index (κ3) is 6.26. The van der Waals surface area contributed by atoms with Gasteiger partial charge < -0.3 is 4.57 Å². The third-order valence-corrected chi connectivity index (χ3v) is 11.0. The van der Waals surface area contributed by atoms with Crippen molar-refractivity contribution < 1.29 is 0 Å². The van der Waals surface area contributed by atoms with Crippen molar-refractivity contribution in [3.05, 3.63) is 200 Å². The Balaban J connectivity index is 0.000000379. The minimum atomic E-state index is 0.0997. The Hall–Kier alpha value is -6.44. The van der Waals surface area contributed by atoms with E-state index in [9.17, 15) is 0 Å². The Labute approximate surface area is 325 Å². The van der Waals surface area contributed by atoms with Gasteiger partial charge in [0.15, 0.2) is 0 Å². The third-order valence-electron chi connectivity index (χ3n) is 11.0. The SMILES string of the molecule is C=CC(=C)C(C=C)=C(C)C.CC(C)(C)c1cccc(-c2ccc3ccc4c(-c5cccc(-n6c7ccccc7c7ccccc76)c5)ccc5ccc2c3c54)c1. The molecule has 0 aliphatic rings. The molecule has 0 unspecified atom stereocenters. The molecule has 9 rings (SSSR count). The molecular weight excluding hydrogens is 663 g/mol. The van der Waals surface area contributed by atoms with E-state index in [-0.39, 0.29) is 5.41 Å². The summed E-state index contributed by atoms with van der Waals surface area (Å²) in [7, 11) is 0. The number of nitrogens with zero attached hydrogens (tertiary/aromatic N) is 1. The summed E-state index contributed by atoms with van der Waals surface area (Å²) < 4.78 is 2.40. The first-order chi connectivity index (χ1) is 26.6. The van der Waals surface area contributed by atoms with E-state index in [4.69, 9.17) is 0 Å². The Morgan fingerprint density at radius 3 is 1.53 bits per heavy atom. The van der Waals surface area contributed by atoms with Crippen molar-refractivity contribution in [2.75, 3.05) is 0 Å². The molecule has 0 fully saturated rings. The Morgan fingerprint density at radius 2 is 1.04 bits per heavy atom. The van der Waals surface area contributed by atoms with Gasteiger partial charge in [0.05, 0.1) is 11.0 Å². The quantitative estimate of drug-likeness (QED) is 0.120. The van der Waals surface area contributed by atoms with Crippen molar-refractivity contribution in [2.45, 2.75) is 40.0 Å². The predicted octanol–water partition coefficient (Wildman–Crippen LogP) is 15.6. The lowest BCUT2D eigenvalue weighted by atomic mass is 9.84. The molecule has 1 heterocycles. The molecule has 0 N–H and O–H groups in total. The first-order valence-electron chi connectivity index (χ1n) is 19.1. The first-order valence-corrected chi connectivity index (χ1v) is 19.1. The summed E-state index contributed by atoms with van der Waals surface area (Å²) in [6, 6.07) is 54.1. The van der Waals surface area contributed by atoms with E-state index in [2.05, 4.69) is 191 Å². The highest BCUT2D eigenvalue weighted by atomic mass is 15.0. The number of para-hydroxylation sites is 2. The highest BCUT2D eigenvalue weighted by Crippen LogP contribution is 2.43. The van der Waals surface area contributed by atoms with Crippen molar-refractivity contribution in [3.63, 3.8) is 0 Å². The smallest absolute Gasteiger partial charge is 0.0541 e. The molecule has 1 heteroatoms. The highest BCUT2D eigenvalue weighted by molar-refractivity contribution is 6.27. The van der Waals surface area contributed by atoms with Crippen LogP contribution in [-0.2, 0) is 5.41 Å². The van der Waals surface area contributed by atoms with Gasteiger partial charge >= 0.3 is 0 Å². The molecule has 0 radical (unpaired) electrons. The van der Waals surface area contributed by atoms with E-state index >= 15 is 0 Å². The first kappa shape index (κ1) is 35.6. The molecule has 0 saturated carbocycles. The second-order valence-electron chi connectivity index (χ2n) is 15.7. The molecule has 0 bridgehead atoms. The van der Waals surface area contributed by atoms with Gasteiger partial charge in [-0.3, -0.25) is 0 Å². The van der Waals surface area contributed by atoms with Crippen LogP contribution in [0.3, 0.4) is 0 Å². The lowest BCUT2D eigenvalue weighted by Gasteiger charge is -2.21. The van der Waals surface area contributed by atoms with Crippen LogP contribution in [0.2, 0.25) is 0 Å². The minimum absolute atomic E-state index is 0.0997. The number of hydrogen-bond acceptors (Lipinski definition) is 0. The molecule has 1 nitrogen and oxygen atoms in total. The zero-order valence-electron chi connectivity index (χ0n) is 32.6. The van der Waals surface area contributed by atoms with E-state index in [0.29, 0.717) is 0 Å². The van der Waals surface area contributed by atoms with Gasteiger partial charge in [0.2, 0.25) is 0 Å². The van der Waals surface area contributed by atoms with E-state index in [1.54, 1.807) is 12.2 Å². The summed E-state index contributed by atoms with van der Waals surface area (Å²) in [6.07, 6.45) is 3.54. The maximum Gasteiger partial charge on any atom is 0.0541 e. The average Bonchev–Trinajstić information content (AvgIpc) is 3.54. The van der Waals surface area contributed by atoms with Crippen LogP contribution in [0, 0.1) is 0 Å². The largest absolute Gasteiger partial charge is 0.309 e. The lowest BCUT2D eigenvalue weighted by Crippen LogP contribution is -2.10. The van der Waals surface area contributed by atoms with Gasteiger partial charge in [-0.05, 0) is 115 Å². The molecule has 55 heavy (non-hydrogen) atoms. The molecule has 0 aliphatic carbocycles. The van der Waals surface area contributed by atoms with Gasteiger partial charge in [0.1, 0.15) is 0 Å². The van der Waals surface area contributed by atoms with E-state index in [1.165, 1.54) is 93.2 Å². The molecule has 8 aromatic carbocycles. The fourth-order valence-corrected chi connectivity index (χ4v) is 8.24. The number of fused-ring (bicyclic) bond motifs is 3. The minimum Gasteiger partial charge on any atom is -0.309 e. The fraction of sp³-hybridized carbons (Fsp3) is 0.111. The Kier molecular flexibility index (Phi) is 9.11. The molecule has 0 spiro atoms. The van der Waals surface area contributed by atoms with Gasteiger partial charge in [-0.25, -0.2) is 0 Å². The topological polar surface area (TPSA) is 4.93 Å². The van der Waals surface area contributed by atoms with Crippen molar-refractivity contribution in [3.8, 4) is 27.9 Å². The summed E-state index contributed by atoms with van der Waals surface area (Å²) in [5, 5.41) is 10.4. The monoisotopic (exact) mass is 709 g/mol. The second kappa shape index (κ2) is 14.1. The number of allylic oxidation sites excluding steroid dienone is 5.